The van der Waals surface area contributed by atoms with Crippen molar-refractivity contribution in [3.63, 3.8) is 0 Å². The smallest absolute Gasteiger partial charge is 0.251 e. The van der Waals surface area contributed by atoms with Crippen LogP contribution in [0.1, 0.15) is 16.8 Å². The highest BCUT2D eigenvalue weighted by Crippen LogP contribution is 2.17. The van der Waals surface area contributed by atoms with Crippen molar-refractivity contribution in [3.8, 4) is 0 Å². The van der Waals surface area contributed by atoms with Crippen LogP contribution in [-0.4, -0.2) is 32.4 Å². The van der Waals surface area contributed by atoms with E-state index in [0.29, 0.717) is 6.42 Å². The molecule has 5 nitrogen and oxygen atoms in total. The van der Waals surface area contributed by atoms with Crippen LogP contribution in [-0.2, 0) is 9.84 Å². The van der Waals surface area contributed by atoms with E-state index < -0.39 is 21.6 Å². The Morgan fingerprint density at radius 3 is 2.79 bits per heavy atom. The van der Waals surface area contributed by atoms with Crippen LogP contribution < -0.4 is 11.1 Å². The summed E-state index contributed by atoms with van der Waals surface area (Å²) in [4.78, 5) is 11.8. The van der Waals surface area contributed by atoms with Crippen molar-refractivity contribution in [2.24, 2.45) is 5.92 Å². The summed E-state index contributed by atoms with van der Waals surface area (Å²) in [6.07, 6.45) is 0.554. The van der Waals surface area contributed by atoms with Crippen LogP contribution in [0.25, 0.3) is 0 Å². The van der Waals surface area contributed by atoms with E-state index in [-0.39, 0.29) is 35.2 Å². The van der Waals surface area contributed by atoms with Crippen LogP contribution >= 0.6 is 0 Å². The highest BCUT2D eigenvalue weighted by atomic mass is 32.2. The number of carbonyl (C=O) groups is 1. The molecule has 1 aromatic carbocycles. The Labute approximate surface area is 110 Å². The fraction of sp³-hybridized carbons (Fsp3) is 0.417. The molecule has 1 aromatic rings. The number of nitrogens with two attached hydrogens (primary N) is 1. The predicted molar refractivity (Wildman–Crippen MR) is 69.9 cm³/mol. The number of sulfone groups is 1. The van der Waals surface area contributed by atoms with Crippen molar-refractivity contribution in [1.29, 1.82) is 0 Å². The zero-order valence-electron chi connectivity index (χ0n) is 10.2. The van der Waals surface area contributed by atoms with Crippen molar-refractivity contribution in [3.05, 3.63) is 29.6 Å². The summed E-state index contributed by atoms with van der Waals surface area (Å²) < 4.78 is 35.7. The number of hydrogen-bond acceptors (Lipinski definition) is 4. The molecule has 1 heterocycles. The molecule has 1 saturated heterocycles. The molecule has 1 aliphatic heterocycles. The zero-order chi connectivity index (χ0) is 14.0. The van der Waals surface area contributed by atoms with Crippen LogP contribution in [0, 0.1) is 11.7 Å². The lowest BCUT2D eigenvalue weighted by Crippen LogP contribution is -2.29. The largest absolute Gasteiger partial charge is 0.396 e. The summed E-state index contributed by atoms with van der Waals surface area (Å²) in [6, 6.07) is 3.82. The molecule has 1 amide bonds. The summed E-state index contributed by atoms with van der Waals surface area (Å²) in [5.41, 5.74) is 5.48. The van der Waals surface area contributed by atoms with Crippen LogP contribution in [0.15, 0.2) is 18.2 Å². The zero-order valence-corrected chi connectivity index (χ0v) is 11.0. The fourth-order valence-electron chi connectivity index (χ4n) is 2.04. The second kappa shape index (κ2) is 5.16. The van der Waals surface area contributed by atoms with Gasteiger partial charge in [-0.15, -0.1) is 0 Å². The summed E-state index contributed by atoms with van der Waals surface area (Å²) >= 11 is 0. The first-order chi connectivity index (χ1) is 8.87. The molecule has 0 spiro atoms. The third-order valence-electron chi connectivity index (χ3n) is 3.14. The number of nitrogens with one attached hydrogen (secondary N) is 1. The second-order valence-corrected chi connectivity index (χ2v) is 6.94. The number of benzene rings is 1. The molecule has 7 heteroatoms. The lowest BCUT2D eigenvalue weighted by Gasteiger charge is -2.10. The molecule has 0 aromatic heterocycles. The van der Waals surface area contributed by atoms with Gasteiger partial charge < -0.3 is 11.1 Å². The maximum Gasteiger partial charge on any atom is 0.251 e. The van der Waals surface area contributed by atoms with E-state index in [0.717, 1.165) is 6.07 Å². The first-order valence-electron chi connectivity index (χ1n) is 5.91. The lowest BCUT2D eigenvalue weighted by molar-refractivity contribution is 0.0948. The first-order valence-corrected chi connectivity index (χ1v) is 7.73. The quantitative estimate of drug-likeness (QED) is 0.795. The summed E-state index contributed by atoms with van der Waals surface area (Å²) in [7, 11) is -2.95. The number of halogens is 1. The van der Waals surface area contributed by atoms with Crippen LogP contribution in [0.3, 0.4) is 0 Å². The van der Waals surface area contributed by atoms with E-state index in [1.165, 1.54) is 12.1 Å². The summed E-state index contributed by atoms with van der Waals surface area (Å²) in [6.45, 7) is 0.282. The van der Waals surface area contributed by atoms with Gasteiger partial charge in [-0.2, -0.15) is 0 Å². The Morgan fingerprint density at radius 2 is 2.21 bits per heavy atom. The molecule has 1 fully saturated rings. The van der Waals surface area contributed by atoms with E-state index in [2.05, 4.69) is 5.32 Å². The van der Waals surface area contributed by atoms with Crippen LogP contribution in [0.4, 0.5) is 10.1 Å². The minimum Gasteiger partial charge on any atom is -0.396 e. The normalized spacial score (nSPS) is 21.2. The second-order valence-electron chi connectivity index (χ2n) is 4.72. The molecular formula is C12H15FN2O3S. The molecular weight excluding hydrogens is 271 g/mol. The minimum absolute atomic E-state index is 0.0153. The molecule has 0 saturated carbocycles. The van der Waals surface area contributed by atoms with Crippen LogP contribution in [0.5, 0.6) is 0 Å². The number of nitrogen functional groups attached to an aromatic ring is 1. The van der Waals surface area contributed by atoms with Crippen molar-refractivity contribution >= 4 is 21.4 Å². The molecule has 1 atom stereocenters. The van der Waals surface area contributed by atoms with E-state index in [1.807, 2.05) is 0 Å². The highest BCUT2D eigenvalue weighted by molar-refractivity contribution is 7.91. The van der Waals surface area contributed by atoms with Gasteiger partial charge in [0.1, 0.15) is 5.82 Å². The number of rotatable bonds is 3. The minimum atomic E-state index is -2.95. The van der Waals surface area contributed by atoms with E-state index >= 15 is 0 Å². The van der Waals surface area contributed by atoms with Gasteiger partial charge >= 0.3 is 0 Å². The Hall–Kier alpha value is -1.63. The number of hydrogen-bond donors (Lipinski definition) is 2. The number of carbonyl (C=O) groups excluding carboxylic acids is 1. The maximum absolute atomic E-state index is 13.2. The molecule has 0 radical (unpaired) electrons. The van der Waals surface area contributed by atoms with E-state index in [4.69, 9.17) is 5.73 Å². The third kappa shape index (κ3) is 3.44. The monoisotopic (exact) mass is 286 g/mol. The fourth-order valence-corrected chi connectivity index (χ4v) is 3.90. The topological polar surface area (TPSA) is 89.3 Å². The molecule has 2 rings (SSSR count). The molecule has 1 aliphatic rings. The van der Waals surface area contributed by atoms with Gasteiger partial charge in [0, 0.05) is 12.1 Å². The van der Waals surface area contributed by atoms with Gasteiger partial charge in [0.2, 0.25) is 0 Å². The Bertz CT molecular complexity index is 601. The maximum atomic E-state index is 13.2. The van der Waals surface area contributed by atoms with Crippen molar-refractivity contribution in [2.75, 3.05) is 23.8 Å². The predicted octanol–water partition coefficient (Wildman–Crippen LogP) is 0.572. The highest BCUT2D eigenvalue weighted by Gasteiger charge is 2.28. The van der Waals surface area contributed by atoms with Gasteiger partial charge in [-0.3, -0.25) is 4.79 Å². The van der Waals surface area contributed by atoms with Crippen molar-refractivity contribution < 1.29 is 17.6 Å². The third-order valence-corrected chi connectivity index (χ3v) is 4.98. The Kier molecular flexibility index (Phi) is 3.75. The summed E-state index contributed by atoms with van der Waals surface area (Å²) in [5.74, 6) is -0.861. The van der Waals surface area contributed by atoms with Gasteiger partial charge in [0.25, 0.3) is 5.91 Å². The standard InChI is InChI=1S/C12H15FN2O3S/c13-10-5-9(1-2-11(10)14)12(16)15-6-8-3-4-19(17,18)7-8/h1-2,5,8H,3-4,6-7,14H2,(H,15,16). The van der Waals surface area contributed by atoms with Gasteiger partial charge in [0.15, 0.2) is 9.84 Å². The van der Waals surface area contributed by atoms with Gasteiger partial charge in [-0.25, -0.2) is 12.8 Å². The molecule has 19 heavy (non-hydrogen) atoms. The average molecular weight is 286 g/mol. The molecule has 0 bridgehead atoms. The Morgan fingerprint density at radius 1 is 1.47 bits per heavy atom. The number of amides is 1. The average Bonchev–Trinajstić information content (AvgIpc) is 2.69. The van der Waals surface area contributed by atoms with Gasteiger partial charge in [-0.05, 0) is 30.5 Å². The molecule has 0 aliphatic carbocycles. The summed E-state index contributed by atoms with van der Waals surface area (Å²) in [5, 5.41) is 2.61. The van der Waals surface area contributed by atoms with Crippen LogP contribution in [0.2, 0.25) is 0 Å². The number of anilines is 1. The molecule has 104 valence electrons. The SMILES string of the molecule is Nc1ccc(C(=O)NCC2CCS(=O)(=O)C2)cc1F. The molecule has 3 N–H and O–H groups in total. The van der Waals surface area contributed by atoms with Crippen molar-refractivity contribution in [2.45, 2.75) is 6.42 Å². The van der Waals surface area contributed by atoms with Gasteiger partial charge in [-0.1, -0.05) is 0 Å². The van der Waals surface area contributed by atoms with Gasteiger partial charge in [0.05, 0.1) is 17.2 Å². The first kappa shape index (κ1) is 13.8. The lowest BCUT2D eigenvalue weighted by atomic mass is 10.1. The molecule has 1 unspecified atom stereocenters. The van der Waals surface area contributed by atoms with E-state index in [1.54, 1.807) is 0 Å². The van der Waals surface area contributed by atoms with E-state index in [9.17, 15) is 17.6 Å². The van der Waals surface area contributed by atoms with Crippen molar-refractivity contribution in [1.82, 2.24) is 5.32 Å². The Balaban J connectivity index is 1.93.